The fourth-order valence-corrected chi connectivity index (χ4v) is 7.92. The van der Waals surface area contributed by atoms with Crippen LogP contribution in [0.15, 0.2) is 48.5 Å². The number of carbonyl (C=O) groups excluding carboxylic acids is 1. The van der Waals surface area contributed by atoms with Crippen LogP contribution in [0.25, 0.3) is 11.1 Å². The summed E-state index contributed by atoms with van der Waals surface area (Å²) in [5.41, 5.74) is 1.95. The highest BCUT2D eigenvalue weighted by molar-refractivity contribution is 7.92. The van der Waals surface area contributed by atoms with Gasteiger partial charge in [-0.2, -0.15) is 0 Å². The van der Waals surface area contributed by atoms with Gasteiger partial charge in [0.15, 0.2) is 15.6 Å². The quantitative estimate of drug-likeness (QED) is 0.406. The molecule has 5 nitrogen and oxygen atoms in total. The average molecular weight is 516 g/mol. The molecule has 0 atom stereocenters. The first-order valence-electron chi connectivity index (χ1n) is 12.8. The van der Waals surface area contributed by atoms with Gasteiger partial charge in [0.1, 0.15) is 0 Å². The first kappa shape index (κ1) is 24.6. The standard InChI is InChI=1S/C28H34ClNO4S/c29-25-16-23(22-4-2-1-3-5-22)10-11-26(25)34-27(31)30-19-28(17-20-6-7-20)14-12-24(13-15-28)35(32,33)18-21-8-9-21/h1-5,10-11,16,20-21,24H,6-9,12-15,17-19H2,(H,30,31). The molecule has 0 spiro atoms. The summed E-state index contributed by atoms with van der Waals surface area (Å²) in [4.78, 5) is 12.7. The number of rotatable bonds is 9. The molecule has 0 heterocycles. The van der Waals surface area contributed by atoms with Gasteiger partial charge in [-0.05, 0) is 85.5 Å². The lowest BCUT2D eigenvalue weighted by Crippen LogP contribution is -2.43. The Kier molecular flexibility index (Phi) is 7.13. The van der Waals surface area contributed by atoms with Crippen molar-refractivity contribution in [2.75, 3.05) is 12.3 Å². The second-order valence-corrected chi connectivity index (χ2v) is 13.6. The van der Waals surface area contributed by atoms with E-state index >= 15 is 0 Å². The summed E-state index contributed by atoms with van der Waals surface area (Å²) in [5, 5.41) is 3.14. The zero-order valence-corrected chi connectivity index (χ0v) is 21.6. The van der Waals surface area contributed by atoms with Crippen molar-refractivity contribution in [2.45, 2.75) is 63.0 Å². The minimum Gasteiger partial charge on any atom is -0.409 e. The summed E-state index contributed by atoms with van der Waals surface area (Å²) in [6.45, 7) is 0.511. The Balaban J connectivity index is 1.18. The van der Waals surface area contributed by atoms with Crippen LogP contribution < -0.4 is 10.1 Å². The van der Waals surface area contributed by atoms with E-state index in [2.05, 4.69) is 5.32 Å². The van der Waals surface area contributed by atoms with Crippen molar-refractivity contribution in [1.82, 2.24) is 5.32 Å². The van der Waals surface area contributed by atoms with Gasteiger partial charge in [-0.25, -0.2) is 13.2 Å². The predicted octanol–water partition coefficient (Wildman–Crippen LogP) is 6.65. The Bertz CT molecular complexity index is 1150. The summed E-state index contributed by atoms with van der Waals surface area (Å²) in [6, 6.07) is 15.3. The van der Waals surface area contributed by atoms with Crippen LogP contribution in [-0.2, 0) is 9.84 Å². The van der Waals surface area contributed by atoms with Gasteiger partial charge in [-0.3, -0.25) is 0 Å². The zero-order valence-electron chi connectivity index (χ0n) is 20.0. The third kappa shape index (κ3) is 6.39. The van der Waals surface area contributed by atoms with Crippen molar-refractivity contribution < 1.29 is 17.9 Å². The molecular formula is C28H34ClNO4S. The average Bonchev–Trinajstić information content (AvgIpc) is 3.78. The lowest BCUT2D eigenvalue weighted by atomic mass is 9.70. The van der Waals surface area contributed by atoms with Crippen LogP contribution in [0.2, 0.25) is 5.02 Å². The highest BCUT2D eigenvalue weighted by Crippen LogP contribution is 2.49. The van der Waals surface area contributed by atoms with Crippen LogP contribution in [0, 0.1) is 17.3 Å². The Morgan fingerprint density at radius 2 is 1.63 bits per heavy atom. The molecule has 2 aromatic rings. The van der Waals surface area contributed by atoms with Crippen molar-refractivity contribution >= 4 is 27.5 Å². The zero-order chi connectivity index (χ0) is 24.5. The van der Waals surface area contributed by atoms with E-state index in [0.29, 0.717) is 47.7 Å². The van der Waals surface area contributed by atoms with Crippen molar-refractivity contribution in [1.29, 1.82) is 0 Å². The van der Waals surface area contributed by atoms with Crippen molar-refractivity contribution in [3.05, 3.63) is 53.6 Å². The molecule has 2 aromatic carbocycles. The largest absolute Gasteiger partial charge is 0.412 e. The monoisotopic (exact) mass is 515 g/mol. The minimum atomic E-state index is -3.01. The Labute approximate surface area is 213 Å². The molecular weight excluding hydrogens is 482 g/mol. The number of amides is 1. The van der Waals surface area contributed by atoms with E-state index < -0.39 is 15.9 Å². The lowest BCUT2D eigenvalue weighted by molar-refractivity contribution is 0.148. The topological polar surface area (TPSA) is 72.5 Å². The van der Waals surface area contributed by atoms with E-state index in [1.165, 1.54) is 12.8 Å². The SMILES string of the molecule is O=C(NCC1(CC2CC2)CCC(S(=O)(=O)CC2CC2)CC1)Oc1ccc(-c2ccccc2)cc1Cl. The number of hydrogen-bond acceptors (Lipinski definition) is 4. The second-order valence-electron chi connectivity index (χ2n) is 10.9. The lowest BCUT2D eigenvalue weighted by Gasteiger charge is -2.40. The smallest absolute Gasteiger partial charge is 0.409 e. The molecule has 0 aromatic heterocycles. The van der Waals surface area contributed by atoms with Gasteiger partial charge in [-0.1, -0.05) is 60.8 Å². The van der Waals surface area contributed by atoms with E-state index in [9.17, 15) is 13.2 Å². The van der Waals surface area contributed by atoms with Crippen LogP contribution in [0.3, 0.4) is 0 Å². The molecule has 0 aliphatic heterocycles. The Hall–Kier alpha value is -2.05. The summed E-state index contributed by atoms with van der Waals surface area (Å²) in [6.07, 6.45) is 8.20. The fourth-order valence-electron chi connectivity index (χ4n) is 5.49. The molecule has 0 bridgehead atoms. The third-order valence-electron chi connectivity index (χ3n) is 7.93. The van der Waals surface area contributed by atoms with Crippen LogP contribution in [-0.4, -0.2) is 32.1 Å². The molecule has 188 valence electrons. The number of hydrogen-bond donors (Lipinski definition) is 1. The van der Waals surface area contributed by atoms with Crippen molar-refractivity contribution in [3.8, 4) is 16.9 Å². The predicted molar refractivity (Wildman–Crippen MR) is 139 cm³/mol. The molecule has 0 unspecified atom stereocenters. The van der Waals surface area contributed by atoms with Crippen LogP contribution in [0.4, 0.5) is 4.79 Å². The van der Waals surface area contributed by atoms with Gasteiger partial charge in [0.25, 0.3) is 0 Å². The summed E-state index contributed by atoms with van der Waals surface area (Å²) < 4.78 is 31.1. The van der Waals surface area contributed by atoms with Gasteiger partial charge in [0.05, 0.1) is 16.0 Å². The number of halogens is 1. The Morgan fingerprint density at radius 1 is 0.943 bits per heavy atom. The van der Waals surface area contributed by atoms with E-state index in [4.69, 9.17) is 16.3 Å². The summed E-state index contributed by atoms with van der Waals surface area (Å²) >= 11 is 6.41. The third-order valence-corrected chi connectivity index (χ3v) is 10.7. The molecule has 0 saturated heterocycles. The Morgan fingerprint density at radius 3 is 2.26 bits per heavy atom. The van der Waals surface area contributed by atoms with E-state index in [1.54, 1.807) is 12.1 Å². The molecule has 35 heavy (non-hydrogen) atoms. The maximum Gasteiger partial charge on any atom is 0.412 e. The first-order valence-corrected chi connectivity index (χ1v) is 14.9. The van der Waals surface area contributed by atoms with Gasteiger partial charge < -0.3 is 10.1 Å². The maximum absolute atomic E-state index is 12.8. The van der Waals surface area contributed by atoms with Crippen LogP contribution in [0.5, 0.6) is 5.75 Å². The minimum absolute atomic E-state index is 0.0489. The molecule has 1 N–H and O–H groups in total. The van der Waals surface area contributed by atoms with Crippen molar-refractivity contribution in [3.63, 3.8) is 0 Å². The normalized spacial score (nSPS) is 24.7. The van der Waals surface area contributed by atoms with Gasteiger partial charge in [-0.15, -0.1) is 0 Å². The first-order chi connectivity index (χ1) is 16.8. The maximum atomic E-state index is 12.8. The van der Waals surface area contributed by atoms with Crippen LogP contribution >= 0.6 is 11.6 Å². The van der Waals surface area contributed by atoms with E-state index in [-0.39, 0.29) is 10.7 Å². The van der Waals surface area contributed by atoms with E-state index in [0.717, 1.165) is 43.2 Å². The highest BCUT2D eigenvalue weighted by atomic mass is 35.5. The number of ether oxygens (including phenoxy) is 1. The van der Waals surface area contributed by atoms with E-state index in [1.807, 2.05) is 36.4 Å². The number of sulfone groups is 1. The fraction of sp³-hybridized carbons (Fsp3) is 0.536. The molecule has 0 radical (unpaired) electrons. The van der Waals surface area contributed by atoms with Gasteiger partial charge in [0, 0.05) is 6.54 Å². The van der Waals surface area contributed by atoms with Crippen LogP contribution in [0.1, 0.15) is 57.8 Å². The summed E-state index contributed by atoms with van der Waals surface area (Å²) in [7, 11) is -3.01. The molecule has 3 aliphatic carbocycles. The highest BCUT2D eigenvalue weighted by Gasteiger charge is 2.43. The van der Waals surface area contributed by atoms with Gasteiger partial charge in [0.2, 0.25) is 0 Å². The van der Waals surface area contributed by atoms with Crippen molar-refractivity contribution in [2.24, 2.45) is 17.3 Å². The number of carbonyl (C=O) groups is 1. The molecule has 7 heteroatoms. The molecule has 3 fully saturated rings. The molecule has 1 amide bonds. The number of nitrogens with one attached hydrogen (secondary N) is 1. The van der Waals surface area contributed by atoms with Gasteiger partial charge >= 0.3 is 6.09 Å². The molecule has 3 saturated carbocycles. The number of benzene rings is 2. The molecule has 3 aliphatic rings. The second kappa shape index (κ2) is 10.1. The molecule has 5 rings (SSSR count). The summed E-state index contributed by atoms with van der Waals surface area (Å²) in [5.74, 6) is 1.78.